The predicted octanol–water partition coefficient (Wildman–Crippen LogP) is 4.82. The Morgan fingerprint density at radius 2 is 1.97 bits per heavy atom. The molecule has 2 aromatic carbocycles. The van der Waals surface area contributed by atoms with Crippen molar-refractivity contribution in [1.29, 1.82) is 0 Å². The number of nitrogens with zero attached hydrogens (tertiary/aromatic N) is 4. The Bertz CT molecular complexity index is 1230. The van der Waals surface area contributed by atoms with Crippen molar-refractivity contribution in [3.63, 3.8) is 0 Å². The van der Waals surface area contributed by atoms with Gasteiger partial charge in [0.1, 0.15) is 5.69 Å². The molecule has 1 amide bonds. The maximum absolute atomic E-state index is 12.5. The number of anilines is 1. The van der Waals surface area contributed by atoms with E-state index in [0.717, 1.165) is 17.4 Å². The van der Waals surface area contributed by atoms with Crippen molar-refractivity contribution in [2.24, 2.45) is 0 Å². The summed E-state index contributed by atoms with van der Waals surface area (Å²) in [5.74, 6) is 0.553. The van der Waals surface area contributed by atoms with Crippen molar-refractivity contribution in [2.75, 3.05) is 11.1 Å². The van der Waals surface area contributed by atoms with Gasteiger partial charge in [-0.15, -0.1) is 10.2 Å². The Kier molecular flexibility index (Phi) is 6.01. The second-order valence-corrected chi connectivity index (χ2v) is 7.59. The van der Waals surface area contributed by atoms with E-state index in [4.69, 9.17) is 16.0 Å². The van der Waals surface area contributed by atoms with Gasteiger partial charge in [0.25, 0.3) is 5.69 Å². The van der Waals surface area contributed by atoms with Crippen LogP contribution < -0.4 is 5.32 Å². The van der Waals surface area contributed by atoms with Crippen LogP contribution in [0.5, 0.6) is 0 Å². The average molecular weight is 456 g/mol. The van der Waals surface area contributed by atoms with Crippen molar-refractivity contribution in [1.82, 2.24) is 14.8 Å². The summed E-state index contributed by atoms with van der Waals surface area (Å²) in [5.41, 5.74) is 0.592. The largest absolute Gasteiger partial charge is 0.461 e. The highest BCUT2D eigenvalue weighted by atomic mass is 35.5. The topological polar surface area (TPSA) is 116 Å². The molecule has 9 nitrogen and oxygen atoms in total. The first kappa shape index (κ1) is 20.6. The fraction of sp³-hybridized carbons (Fsp3) is 0.0500. The van der Waals surface area contributed by atoms with Gasteiger partial charge in [0.2, 0.25) is 11.7 Å². The number of nitrogens with one attached hydrogen (secondary N) is 1. The highest BCUT2D eigenvalue weighted by Crippen LogP contribution is 2.30. The first-order valence-corrected chi connectivity index (χ1v) is 10.3. The number of thioether (sulfide) groups is 1. The number of amides is 1. The van der Waals surface area contributed by atoms with Crippen LogP contribution in [0.25, 0.3) is 17.3 Å². The number of aromatic nitrogens is 3. The first-order chi connectivity index (χ1) is 15.0. The maximum atomic E-state index is 12.5. The molecule has 0 aliphatic rings. The molecule has 2 heterocycles. The third kappa shape index (κ3) is 4.60. The molecule has 0 unspecified atom stereocenters. The predicted molar refractivity (Wildman–Crippen MR) is 117 cm³/mol. The van der Waals surface area contributed by atoms with Crippen LogP contribution in [0.2, 0.25) is 5.02 Å². The standard InChI is InChI=1S/C20H14ClN5O4S/c21-13-8-9-15(16(11-13)26(28)29)22-18(27)12-31-20-24-23-19(17-7-4-10-30-17)25(20)14-5-2-1-3-6-14/h1-11H,12H2,(H,22,27). The van der Waals surface area contributed by atoms with Gasteiger partial charge in [-0.1, -0.05) is 41.6 Å². The highest BCUT2D eigenvalue weighted by molar-refractivity contribution is 7.99. The van der Waals surface area contributed by atoms with Crippen LogP contribution in [0.1, 0.15) is 0 Å². The molecule has 4 rings (SSSR count). The summed E-state index contributed by atoms with van der Waals surface area (Å²) >= 11 is 6.96. The number of carbonyl (C=O) groups excluding carboxylic acids is 1. The second kappa shape index (κ2) is 9.02. The van der Waals surface area contributed by atoms with E-state index in [-0.39, 0.29) is 22.2 Å². The molecule has 4 aromatic rings. The van der Waals surface area contributed by atoms with Crippen LogP contribution in [0.3, 0.4) is 0 Å². The van der Waals surface area contributed by atoms with Gasteiger partial charge < -0.3 is 9.73 Å². The van der Waals surface area contributed by atoms with Crippen molar-refractivity contribution in [3.05, 3.63) is 82.1 Å². The van der Waals surface area contributed by atoms with Gasteiger partial charge in [-0.05, 0) is 36.4 Å². The van der Waals surface area contributed by atoms with E-state index in [1.165, 1.54) is 18.2 Å². The molecule has 0 aliphatic heterocycles. The van der Waals surface area contributed by atoms with Gasteiger partial charge >= 0.3 is 0 Å². The van der Waals surface area contributed by atoms with E-state index in [1.807, 2.05) is 30.3 Å². The zero-order valence-corrected chi connectivity index (χ0v) is 17.3. The van der Waals surface area contributed by atoms with Crippen molar-refractivity contribution in [3.8, 4) is 17.3 Å². The molecular formula is C20H14ClN5O4S. The fourth-order valence-electron chi connectivity index (χ4n) is 2.82. The Labute approximate surface area is 185 Å². The Morgan fingerprint density at radius 3 is 2.68 bits per heavy atom. The molecule has 0 radical (unpaired) electrons. The molecule has 0 atom stereocenters. The van der Waals surface area contributed by atoms with Gasteiger partial charge in [-0.25, -0.2) is 0 Å². The Balaban J connectivity index is 1.56. The minimum absolute atomic E-state index is 0.0388. The lowest BCUT2D eigenvalue weighted by Gasteiger charge is -2.09. The number of rotatable bonds is 7. The minimum atomic E-state index is -0.601. The Hall–Kier alpha value is -3.63. The lowest BCUT2D eigenvalue weighted by atomic mass is 10.2. The fourth-order valence-corrected chi connectivity index (χ4v) is 3.73. The number of benzene rings is 2. The quantitative estimate of drug-likeness (QED) is 0.241. The normalized spacial score (nSPS) is 10.7. The molecule has 156 valence electrons. The molecule has 0 aliphatic carbocycles. The number of nitro benzene ring substituents is 1. The molecule has 0 fully saturated rings. The van der Waals surface area contributed by atoms with Crippen LogP contribution in [0, 0.1) is 10.1 Å². The van der Waals surface area contributed by atoms with Gasteiger partial charge in [-0.2, -0.15) is 0 Å². The average Bonchev–Trinajstić information content (AvgIpc) is 3.43. The highest BCUT2D eigenvalue weighted by Gasteiger charge is 2.20. The van der Waals surface area contributed by atoms with E-state index >= 15 is 0 Å². The van der Waals surface area contributed by atoms with E-state index in [1.54, 1.807) is 23.0 Å². The van der Waals surface area contributed by atoms with Crippen LogP contribution >= 0.6 is 23.4 Å². The lowest BCUT2D eigenvalue weighted by molar-refractivity contribution is -0.383. The number of halogens is 1. The molecular weight excluding hydrogens is 442 g/mol. The summed E-state index contributed by atoms with van der Waals surface area (Å²) in [6.07, 6.45) is 1.54. The van der Waals surface area contributed by atoms with Gasteiger partial charge in [0.05, 0.1) is 16.9 Å². The number of para-hydroxylation sites is 1. The summed E-state index contributed by atoms with van der Waals surface area (Å²) in [4.78, 5) is 23.1. The first-order valence-electron chi connectivity index (χ1n) is 8.94. The smallest absolute Gasteiger partial charge is 0.294 e. The van der Waals surface area contributed by atoms with E-state index in [9.17, 15) is 14.9 Å². The molecule has 11 heteroatoms. The van der Waals surface area contributed by atoms with Crippen LogP contribution in [0.15, 0.2) is 76.5 Å². The molecule has 2 aromatic heterocycles. The second-order valence-electron chi connectivity index (χ2n) is 6.21. The number of furan rings is 1. The lowest BCUT2D eigenvalue weighted by Crippen LogP contribution is -2.15. The summed E-state index contributed by atoms with van der Waals surface area (Å²) in [6, 6.07) is 17.0. The zero-order chi connectivity index (χ0) is 21.8. The number of hydrogen-bond acceptors (Lipinski definition) is 7. The van der Waals surface area contributed by atoms with Crippen LogP contribution in [-0.4, -0.2) is 31.3 Å². The van der Waals surface area contributed by atoms with Crippen LogP contribution in [-0.2, 0) is 4.79 Å². The number of hydrogen-bond donors (Lipinski definition) is 1. The minimum Gasteiger partial charge on any atom is -0.461 e. The Morgan fingerprint density at radius 1 is 1.16 bits per heavy atom. The van der Waals surface area contributed by atoms with Gasteiger partial charge in [0, 0.05) is 16.8 Å². The van der Waals surface area contributed by atoms with Crippen molar-refractivity contribution in [2.45, 2.75) is 5.16 Å². The van der Waals surface area contributed by atoms with E-state index in [0.29, 0.717) is 16.7 Å². The number of carbonyl (C=O) groups is 1. The molecule has 31 heavy (non-hydrogen) atoms. The molecule has 0 bridgehead atoms. The zero-order valence-electron chi connectivity index (χ0n) is 15.8. The molecule has 0 spiro atoms. The number of nitro groups is 1. The van der Waals surface area contributed by atoms with Crippen molar-refractivity contribution < 1.29 is 14.1 Å². The summed E-state index contributed by atoms with van der Waals surface area (Å²) < 4.78 is 7.24. The van der Waals surface area contributed by atoms with Gasteiger partial charge in [-0.3, -0.25) is 19.5 Å². The molecule has 0 saturated heterocycles. The molecule has 0 saturated carbocycles. The van der Waals surface area contributed by atoms with E-state index < -0.39 is 10.8 Å². The third-order valence-corrected chi connectivity index (χ3v) is 5.32. The summed E-state index contributed by atoms with van der Waals surface area (Å²) in [7, 11) is 0. The van der Waals surface area contributed by atoms with Crippen LogP contribution in [0.4, 0.5) is 11.4 Å². The monoisotopic (exact) mass is 455 g/mol. The van der Waals surface area contributed by atoms with E-state index in [2.05, 4.69) is 15.5 Å². The molecule has 1 N–H and O–H groups in total. The summed E-state index contributed by atoms with van der Waals surface area (Å²) in [6.45, 7) is 0. The van der Waals surface area contributed by atoms with Crippen molar-refractivity contribution >= 4 is 40.6 Å². The maximum Gasteiger partial charge on any atom is 0.294 e. The van der Waals surface area contributed by atoms with Gasteiger partial charge in [0.15, 0.2) is 10.9 Å². The third-order valence-electron chi connectivity index (χ3n) is 4.15. The SMILES string of the molecule is O=C(CSc1nnc(-c2ccco2)n1-c1ccccc1)Nc1ccc(Cl)cc1[N+](=O)[O-]. The summed E-state index contributed by atoms with van der Waals surface area (Å²) in [5, 5.41) is 22.8.